The lowest BCUT2D eigenvalue weighted by Gasteiger charge is -2.39. The molecule has 2 aromatic rings. The summed E-state index contributed by atoms with van der Waals surface area (Å²) in [5, 5.41) is 3.05. The maximum absolute atomic E-state index is 13.4. The smallest absolute Gasteiger partial charge is 0.258 e. The number of piperidine rings is 1. The number of fused-ring (bicyclic) bond motifs is 2. The third-order valence-electron chi connectivity index (χ3n) is 6.04. The molecule has 0 radical (unpaired) electrons. The van der Waals surface area contributed by atoms with Gasteiger partial charge in [-0.15, -0.1) is 0 Å². The number of nitrogens with zero attached hydrogens (tertiary/aromatic N) is 1. The number of nitrogens with one attached hydrogen (secondary N) is 1. The van der Waals surface area contributed by atoms with E-state index >= 15 is 0 Å². The molecule has 7 heteroatoms. The number of benzene rings is 2. The van der Waals surface area contributed by atoms with Gasteiger partial charge < -0.3 is 19.7 Å². The van der Waals surface area contributed by atoms with Gasteiger partial charge >= 0.3 is 0 Å². The first-order chi connectivity index (χ1) is 14.5. The van der Waals surface area contributed by atoms with Crippen molar-refractivity contribution < 1.29 is 23.5 Å². The molecule has 2 aliphatic heterocycles. The SMILES string of the molecule is COc1cccc(C(=O)N2C3CCC2CC(NC(=O)c2ccc(F)cc2)C3)c1OC. The second-order valence-electron chi connectivity index (χ2n) is 7.79. The molecule has 2 aromatic carbocycles. The maximum Gasteiger partial charge on any atom is 0.258 e. The zero-order valence-corrected chi connectivity index (χ0v) is 17.1. The van der Waals surface area contributed by atoms with Gasteiger partial charge in [0, 0.05) is 23.7 Å². The van der Waals surface area contributed by atoms with Crippen LogP contribution in [0.5, 0.6) is 11.5 Å². The first-order valence-corrected chi connectivity index (χ1v) is 10.1. The molecule has 0 aliphatic carbocycles. The molecule has 2 atom stereocenters. The summed E-state index contributed by atoms with van der Waals surface area (Å²) in [5.74, 6) is 0.313. The first kappa shape index (κ1) is 20.2. The Kier molecular flexibility index (Phi) is 5.61. The van der Waals surface area contributed by atoms with Crippen molar-refractivity contribution in [2.24, 2.45) is 0 Å². The molecule has 2 aliphatic rings. The summed E-state index contributed by atoms with van der Waals surface area (Å²) >= 11 is 0. The van der Waals surface area contributed by atoms with E-state index in [1.807, 2.05) is 4.90 Å². The fourth-order valence-electron chi connectivity index (χ4n) is 4.69. The summed E-state index contributed by atoms with van der Waals surface area (Å²) in [6, 6.07) is 10.9. The summed E-state index contributed by atoms with van der Waals surface area (Å²) in [7, 11) is 3.07. The molecule has 6 nitrogen and oxygen atoms in total. The second kappa shape index (κ2) is 8.34. The van der Waals surface area contributed by atoms with Crippen molar-refractivity contribution in [1.29, 1.82) is 0 Å². The average Bonchev–Trinajstić information content (AvgIpc) is 3.03. The Morgan fingerprint density at radius 1 is 1.00 bits per heavy atom. The van der Waals surface area contributed by atoms with Crippen molar-refractivity contribution in [1.82, 2.24) is 10.2 Å². The molecular weight excluding hydrogens is 387 g/mol. The number of halogens is 1. The van der Waals surface area contributed by atoms with E-state index in [2.05, 4.69) is 5.32 Å². The first-order valence-electron chi connectivity index (χ1n) is 10.1. The third kappa shape index (κ3) is 3.72. The van der Waals surface area contributed by atoms with E-state index in [1.165, 1.54) is 31.4 Å². The standard InChI is InChI=1S/C23H25FN2O4/c1-29-20-5-3-4-19(21(20)30-2)23(28)26-17-10-11-18(26)13-16(12-17)25-22(27)14-6-8-15(24)9-7-14/h3-9,16-18H,10-13H2,1-2H3,(H,25,27). The number of ether oxygens (including phenoxy) is 2. The Morgan fingerprint density at radius 2 is 1.67 bits per heavy atom. The summed E-state index contributed by atoms with van der Waals surface area (Å²) in [4.78, 5) is 27.8. The van der Waals surface area contributed by atoms with Gasteiger partial charge in [-0.3, -0.25) is 9.59 Å². The van der Waals surface area contributed by atoms with Crippen LogP contribution in [0.2, 0.25) is 0 Å². The van der Waals surface area contributed by atoms with E-state index < -0.39 is 0 Å². The van der Waals surface area contributed by atoms with Gasteiger partial charge in [0.05, 0.1) is 19.8 Å². The minimum Gasteiger partial charge on any atom is -0.493 e. The van der Waals surface area contributed by atoms with Crippen molar-refractivity contribution in [2.45, 2.75) is 43.8 Å². The Hall–Kier alpha value is -3.09. The summed E-state index contributed by atoms with van der Waals surface area (Å²) in [6.45, 7) is 0. The Bertz CT molecular complexity index is 933. The van der Waals surface area contributed by atoms with Crippen LogP contribution in [-0.4, -0.2) is 49.1 Å². The van der Waals surface area contributed by atoms with Crippen molar-refractivity contribution in [3.05, 3.63) is 59.4 Å². The fourth-order valence-corrected chi connectivity index (χ4v) is 4.69. The quantitative estimate of drug-likeness (QED) is 0.817. The van der Waals surface area contributed by atoms with Gasteiger partial charge in [0.25, 0.3) is 11.8 Å². The molecule has 2 saturated heterocycles. The molecule has 0 saturated carbocycles. The van der Waals surface area contributed by atoms with Crippen LogP contribution < -0.4 is 14.8 Å². The molecule has 2 heterocycles. The second-order valence-corrected chi connectivity index (χ2v) is 7.79. The highest BCUT2D eigenvalue weighted by Gasteiger charge is 2.44. The van der Waals surface area contributed by atoms with E-state index in [9.17, 15) is 14.0 Å². The largest absolute Gasteiger partial charge is 0.493 e. The van der Waals surface area contributed by atoms with Crippen LogP contribution in [0.3, 0.4) is 0 Å². The summed E-state index contributed by atoms with van der Waals surface area (Å²) < 4.78 is 23.9. The molecule has 0 aromatic heterocycles. The zero-order valence-electron chi connectivity index (χ0n) is 17.1. The van der Waals surface area contributed by atoms with Crippen molar-refractivity contribution in [2.75, 3.05) is 14.2 Å². The molecule has 2 bridgehead atoms. The number of hydrogen-bond donors (Lipinski definition) is 1. The molecule has 0 spiro atoms. The lowest BCUT2D eigenvalue weighted by atomic mass is 9.95. The highest BCUT2D eigenvalue weighted by atomic mass is 19.1. The summed E-state index contributed by atoms with van der Waals surface area (Å²) in [5.41, 5.74) is 0.922. The number of para-hydroxylation sites is 1. The van der Waals surface area contributed by atoms with Crippen LogP contribution in [0.4, 0.5) is 4.39 Å². The van der Waals surface area contributed by atoms with Crippen LogP contribution >= 0.6 is 0 Å². The van der Waals surface area contributed by atoms with Gasteiger partial charge in [0.2, 0.25) is 0 Å². The maximum atomic E-state index is 13.4. The molecule has 30 heavy (non-hydrogen) atoms. The van der Waals surface area contributed by atoms with E-state index in [1.54, 1.807) is 25.3 Å². The summed E-state index contributed by atoms with van der Waals surface area (Å²) in [6.07, 6.45) is 3.21. The third-order valence-corrected chi connectivity index (χ3v) is 6.04. The Morgan fingerprint density at radius 3 is 2.27 bits per heavy atom. The average molecular weight is 412 g/mol. The topological polar surface area (TPSA) is 67.9 Å². The molecular formula is C23H25FN2O4. The van der Waals surface area contributed by atoms with E-state index in [0.717, 1.165) is 12.8 Å². The van der Waals surface area contributed by atoms with Crippen LogP contribution in [0.1, 0.15) is 46.4 Å². The predicted molar refractivity (Wildman–Crippen MR) is 109 cm³/mol. The number of hydrogen-bond acceptors (Lipinski definition) is 4. The van der Waals surface area contributed by atoms with Crippen molar-refractivity contribution in [3.63, 3.8) is 0 Å². The predicted octanol–water partition coefficient (Wildman–Crippen LogP) is 3.41. The number of methoxy groups -OCH3 is 2. The molecule has 2 fully saturated rings. The number of carbonyl (C=O) groups is 2. The highest BCUT2D eigenvalue weighted by Crippen LogP contribution is 2.39. The van der Waals surface area contributed by atoms with Crippen LogP contribution in [0, 0.1) is 5.82 Å². The lowest BCUT2D eigenvalue weighted by Crippen LogP contribution is -2.52. The number of carbonyl (C=O) groups excluding carboxylic acids is 2. The van der Waals surface area contributed by atoms with Gasteiger partial charge in [-0.25, -0.2) is 4.39 Å². The minimum atomic E-state index is -0.371. The molecule has 2 unspecified atom stereocenters. The molecule has 4 rings (SSSR count). The van der Waals surface area contributed by atoms with Crippen molar-refractivity contribution in [3.8, 4) is 11.5 Å². The van der Waals surface area contributed by atoms with Gasteiger partial charge in [-0.05, 0) is 62.1 Å². The lowest BCUT2D eigenvalue weighted by molar-refractivity contribution is 0.0546. The monoisotopic (exact) mass is 412 g/mol. The van der Waals surface area contributed by atoms with Crippen LogP contribution in [-0.2, 0) is 0 Å². The highest BCUT2D eigenvalue weighted by molar-refractivity contribution is 5.98. The molecule has 158 valence electrons. The normalized spacial score (nSPS) is 22.5. The van der Waals surface area contributed by atoms with Crippen LogP contribution in [0.15, 0.2) is 42.5 Å². The Balaban J connectivity index is 1.47. The van der Waals surface area contributed by atoms with Gasteiger partial charge in [-0.2, -0.15) is 0 Å². The van der Waals surface area contributed by atoms with E-state index in [-0.39, 0.29) is 35.8 Å². The van der Waals surface area contributed by atoms with Crippen molar-refractivity contribution >= 4 is 11.8 Å². The number of amides is 2. The molecule has 2 amide bonds. The minimum absolute atomic E-state index is 0.0173. The van der Waals surface area contributed by atoms with Gasteiger partial charge in [0.15, 0.2) is 11.5 Å². The van der Waals surface area contributed by atoms with Gasteiger partial charge in [-0.1, -0.05) is 6.07 Å². The number of rotatable bonds is 5. The van der Waals surface area contributed by atoms with Gasteiger partial charge in [0.1, 0.15) is 5.82 Å². The fraction of sp³-hybridized carbons (Fsp3) is 0.391. The van der Waals surface area contributed by atoms with E-state index in [4.69, 9.17) is 9.47 Å². The van der Waals surface area contributed by atoms with E-state index in [0.29, 0.717) is 35.5 Å². The van der Waals surface area contributed by atoms with Crippen LogP contribution in [0.25, 0.3) is 0 Å². The Labute approximate surface area is 175 Å². The zero-order chi connectivity index (χ0) is 21.3. The molecule has 1 N–H and O–H groups in total.